The Morgan fingerprint density at radius 2 is 1.67 bits per heavy atom. The molecule has 4 rings (SSSR count). The molecule has 0 spiro atoms. The summed E-state index contributed by atoms with van der Waals surface area (Å²) in [4.78, 5) is 25.6. The van der Waals surface area contributed by atoms with Crippen molar-refractivity contribution in [1.82, 2.24) is 15.0 Å². The first kappa shape index (κ1) is 19.4. The highest BCUT2D eigenvalue weighted by molar-refractivity contribution is 6.11. The van der Waals surface area contributed by atoms with Gasteiger partial charge < -0.3 is 10.1 Å². The van der Waals surface area contributed by atoms with Crippen molar-refractivity contribution in [2.75, 3.05) is 5.32 Å². The number of rotatable bonds is 4. The number of nitrogens with zero attached hydrogens (tertiary/aromatic N) is 3. The average molecular weight is 406 g/mol. The summed E-state index contributed by atoms with van der Waals surface area (Å²) in [7, 11) is 0. The first-order valence-electron chi connectivity index (χ1n) is 9.04. The van der Waals surface area contributed by atoms with Crippen LogP contribution in [-0.4, -0.2) is 20.9 Å². The Balaban J connectivity index is 1.55. The summed E-state index contributed by atoms with van der Waals surface area (Å²) in [5.74, 6) is -0.783. The molecule has 150 valence electrons. The molecular weight excluding hydrogens is 390 g/mol. The van der Waals surface area contributed by atoms with Gasteiger partial charge in [-0.3, -0.25) is 4.79 Å². The van der Waals surface area contributed by atoms with Gasteiger partial charge in [0.05, 0.1) is 34.4 Å². The second-order valence-electron chi connectivity index (χ2n) is 6.61. The van der Waals surface area contributed by atoms with E-state index in [-0.39, 0.29) is 17.3 Å². The topological polar surface area (TPSA) is 77.0 Å². The van der Waals surface area contributed by atoms with Gasteiger partial charge in [-0.25, -0.2) is 23.7 Å². The zero-order valence-corrected chi connectivity index (χ0v) is 16.1. The van der Waals surface area contributed by atoms with Gasteiger partial charge in [0.2, 0.25) is 5.88 Å². The molecule has 0 aliphatic carbocycles. The lowest BCUT2D eigenvalue weighted by atomic mass is 10.1. The summed E-state index contributed by atoms with van der Waals surface area (Å²) >= 11 is 0. The molecule has 30 heavy (non-hydrogen) atoms. The smallest absolute Gasteiger partial charge is 0.258 e. The van der Waals surface area contributed by atoms with Crippen molar-refractivity contribution in [3.8, 4) is 11.6 Å². The van der Waals surface area contributed by atoms with Gasteiger partial charge in [0, 0.05) is 12.1 Å². The van der Waals surface area contributed by atoms with Gasteiger partial charge in [-0.2, -0.15) is 0 Å². The minimum Gasteiger partial charge on any atom is -0.439 e. The van der Waals surface area contributed by atoms with Crippen molar-refractivity contribution in [1.29, 1.82) is 0 Å². The van der Waals surface area contributed by atoms with E-state index in [0.717, 1.165) is 6.07 Å². The average Bonchev–Trinajstić information content (AvgIpc) is 2.72. The summed E-state index contributed by atoms with van der Waals surface area (Å²) < 4.78 is 32.5. The van der Waals surface area contributed by atoms with Gasteiger partial charge in [0.25, 0.3) is 5.91 Å². The molecule has 4 aromatic rings. The Bertz CT molecular complexity index is 1240. The lowest BCUT2D eigenvalue weighted by Gasteiger charge is -2.10. The van der Waals surface area contributed by atoms with Crippen LogP contribution in [0, 0.1) is 25.5 Å². The van der Waals surface area contributed by atoms with E-state index in [1.54, 1.807) is 26.0 Å². The number of anilines is 1. The maximum Gasteiger partial charge on any atom is 0.258 e. The first-order valence-corrected chi connectivity index (χ1v) is 9.04. The van der Waals surface area contributed by atoms with Crippen molar-refractivity contribution in [3.63, 3.8) is 0 Å². The Morgan fingerprint density at radius 1 is 0.933 bits per heavy atom. The third-order valence-corrected chi connectivity index (χ3v) is 4.42. The van der Waals surface area contributed by atoms with Gasteiger partial charge in [0.15, 0.2) is 0 Å². The van der Waals surface area contributed by atoms with Crippen LogP contribution < -0.4 is 10.1 Å². The molecule has 0 radical (unpaired) electrons. The van der Waals surface area contributed by atoms with E-state index in [1.807, 2.05) is 0 Å². The standard InChI is InChI=1S/C22H16F2N4O2/c1-12-13(2)27-21-18(9-15(24)10-19(21)26-12)22(29)28-16-5-8-20(25-11-16)30-17-6-3-14(23)4-7-17/h3-11H,1-2H3,(H,28,29). The third kappa shape index (κ3) is 4.07. The quantitative estimate of drug-likeness (QED) is 0.518. The van der Waals surface area contributed by atoms with Crippen LogP contribution in [0.2, 0.25) is 0 Å². The van der Waals surface area contributed by atoms with E-state index < -0.39 is 11.7 Å². The third-order valence-electron chi connectivity index (χ3n) is 4.42. The minimum absolute atomic E-state index is 0.0761. The molecule has 2 aromatic carbocycles. The second kappa shape index (κ2) is 7.82. The summed E-state index contributed by atoms with van der Waals surface area (Å²) in [6.45, 7) is 3.55. The number of pyridine rings is 1. The SMILES string of the molecule is Cc1nc2cc(F)cc(C(=O)Nc3ccc(Oc4ccc(F)cc4)nc3)c2nc1C. The molecule has 2 heterocycles. The zero-order valence-electron chi connectivity index (χ0n) is 16.1. The molecule has 0 fully saturated rings. The fourth-order valence-corrected chi connectivity index (χ4v) is 2.81. The van der Waals surface area contributed by atoms with Crippen molar-refractivity contribution in [2.24, 2.45) is 0 Å². The molecule has 0 unspecified atom stereocenters. The summed E-state index contributed by atoms with van der Waals surface area (Å²) in [6.07, 6.45) is 1.40. The molecule has 0 aliphatic rings. The Kier molecular flexibility index (Phi) is 5.05. The lowest BCUT2D eigenvalue weighted by molar-refractivity contribution is 0.102. The number of nitrogens with one attached hydrogen (secondary N) is 1. The molecule has 1 amide bonds. The Morgan fingerprint density at radius 3 is 2.37 bits per heavy atom. The fraction of sp³-hybridized carbons (Fsp3) is 0.0909. The van der Waals surface area contributed by atoms with Crippen LogP contribution in [0.5, 0.6) is 11.6 Å². The number of fused-ring (bicyclic) bond motifs is 1. The largest absolute Gasteiger partial charge is 0.439 e. The normalized spacial score (nSPS) is 10.8. The molecule has 2 aromatic heterocycles. The number of hydrogen-bond acceptors (Lipinski definition) is 5. The highest BCUT2D eigenvalue weighted by atomic mass is 19.1. The van der Waals surface area contributed by atoms with Gasteiger partial charge in [0.1, 0.15) is 22.9 Å². The van der Waals surface area contributed by atoms with Gasteiger partial charge in [-0.1, -0.05) is 0 Å². The summed E-state index contributed by atoms with van der Waals surface area (Å²) in [5.41, 5.74) is 2.42. The number of benzene rings is 2. The van der Waals surface area contributed by atoms with Crippen molar-refractivity contribution >= 4 is 22.6 Å². The number of carbonyl (C=O) groups excluding carboxylic acids is 1. The van der Waals surface area contributed by atoms with E-state index in [9.17, 15) is 13.6 Å². The number of amides is 1. The monoisotopic (exact) mass is 406 g/mol. The Hall–Kier alpha value is -3.94. The molecule has 0 saturated heterocycles. The predicted octanol–water partition coefficient (Wildman–Crippen LogP) is 4.96. The van der Waals surface area contributed by atoms with Crippen molar-refractivity contribution in [2.45, 2.75) is 13.8 Å². The van der Waals surface area contributed by atoms with Crippen LogP contribution in [-0.2, 0) is 0 Å². The highest BCUT2D eigenvalue weighted by Crippen LogP contribution is 2.23. The van der Waals surface area contributed by atoms with Gasteiger partial charge in [-0.05, 0) is 50.2 Å². The molecule has 0 bridgehead atoms. The molecule has 0 aliphatic heterocycles. The van der Waals surface area contributed by atoms with E-state index in [1.165, 1.54) is 36.5 Å². The fourth-order valence-electron chi connectivity index (χ4n) is 2.81. The zero-order chi connectivity index (χ0) is 21.3. The number of carbonyl (C=O) groups is 1. The predicted molar refractivity (Wildman–Crippen MR) is 108 cm³/mol. The van der Waals surface area contributed by atoms with E-state index >= 15 is 0 Å². The number of hydrogen-bond donors (Lipinski definition) is 1. The molecule has 6 nitrogen and oxygen atoms in total. The van der Waals surface area contributed by atoms with Crippen molar-refractivity contribution < 1.29 is 18.3 Å². The van der Waals surface area contributed by atoms with E-state index in [4.69, 9.17) is 4.74 Å². The summed E-state index contributed by atoms with van der Waals surface area (Å²) in [5, 5.41) is 2.67. The number of aromatic nitrogens is 3. The van der Waals surface area contributed by atoms with Crippen LogP contribution in [0.1, 0.15) is 21.7 Å². The lowest BCUT2D eigenvalue weighted by Crippen LogP contribution is -2.14. The maximum absolute atomic E-state index is 14.0. The number of ether oxygens (including phenoxy) is 1. The van der Waals surface area contributed by atoms with E-state index in [2.05, 4.69) is 20.3 Å². The molecule has 0 atom stereocenters. The van der Waals surface area contributed by atoms with Gasteiger partial charge in [-0.15, -0.1) is 0 Å². The second-order valence-corrected chi connectivity index (χ2v) is 6.61. The first-order chi connectivity index (χ1) is 14.4. The summed E-state index contributed by atoms with van der Waals surface area (Å²) in [6, 6.07) is 11.0. The maximum atomic E-state index is 14.0. The minimum atomic E-state index is -0.577. The highest BCUT2D eigenvalue weighted by Gasteiger charge is 2.16. The molecule has 8 heteroatoms. The van der Waals surface area contributed by atoms with E-state index in [0.29, 0.717) is 33.9 Å². The van der Waals surface area contributed by atoms with Crippen LogP contribution in [0.25, 0.3) is 11.0 Å². The number of aryl methyl sites for hydroxylation is 2. The molecule has 1 N–H and O–H groups in total. The van der Waals surface area contributed by atoms with Crippen LogP contribution in [0.15, 0.2) is 54.7 Å². The van der Waals surface area contributed by atoms with Crippen molar-refractivity contribution in [3.05, 3.63) is 83.3 Å². The molecular formula is C22H16F2N4O2. The number of halogens is 2. The van der Waals surface area contributed by atoms with Crippen LogP contribution >= 0.6 is 0 Å². The van der Waals surface area contributed by atoms with Crippen LogP contribution in [0.3, 0.4) is 0 Å². The van der Waals surface area contributed by atoms with Crippen LogP contribution in [0.4, 0.5) is 14.5 Å². The Labute approximate surface area is 170 Å². The van der Waals surface area contributed by atoms with Gasteiger partial charge >= 0.3 is 0 Å². The molecule has 0 saturated carbocycles.